The maximum Gasteiger partial charge on any atom is 0.174 e. The Hall–Kier alpha value is -3.61. The van der Waals surface area contributed by atoms with Crippen LogP contribution in [0.2, 0.25) is 0 Å². The molecule has 7 nitrogen and oxygen atoms in total. The van der Waals surface area contributed by atoms with Gasteiger partial charge in [-0.2, -0.15) is 5.10 Å². The van der Waals surface area contributed by atoms with Crippen molar-refractivity contribution in [3.63, 3.8) is 0 Å². The molecule has 0 saturated carbocycles. The molecular formula is C25H31N5O2. The SMILES string of the molecule is CCCC(Oc1ccccc1N=C(C)c1c(C)nnc(N(C)C)c1N)c1cccc(O)c1. The first-order chi connectivity index (χ1) is 15.3. The second kappa shape index (κ2) is 10.1. The Kier molecular flexibility index (Phi) is 7.30. The lowest BCUT2D eigenvalue weighted by atomic mass is 10.0. The zero-order chi connectivity index (χ0) is 23.3. The first-order valence-electron chi connectivity index (χ1n) is 10.7. The highest BCUT2D eigenvalue weighted by molar-refractivity contribution is 6.07. The third-order valence-electron chi connectivity index (χ3n) is 5.17. The minimum absolute atomic E-state index is 0.196. The maximum atomic E-state index is 9.91. The molecule has 7 heteroatoms. The molecule has 3 aromatic rings. The van der Waals surface area contributed by atoms with Gasteiger partial charge < -0.3 is 20.5 Å². The van der Waals surface area contributed by atoms with Crippen molar-refractivity contribution in [2.24, 2.45) is 4.99 Å². The molecule has 2 aromatic carbocycles. The molecule has 0 bridgehead atoms. The molecule has 0 spiro atoms. The Balaban J connectivity index is 2.00. The molecule has 0 fully saturated rings. The van der Waals surface area contributed by atoms with Crippen molar-refractivity contribution in [2.75, 3.05) is 24.7 Å². The normalized spacial score (nSPS) is 12.5. The fraction of sp³-hybridized carbons (Fsp3) is 0.320. The number of hydrogen-bond acceptors (Lipinski definition) is 7. The van der Waals surface area contributed by atoms with Gasteiger partial charge in [0, 0.05) is 25.4 Å². The lowest BCUT2D eigenvalue weighted by Gasteiger charge is -2.21. The van der Waals surface area contributed by atoms with Gasteiger partial charge in [-0.1, -0.05) is 37.6 Å². The molecule has 3 N–H and O–H groups in total. The summed E-state index contributed by atoms with van der Waals surface area (Å²) in [6.07, 6.45) is 1.56. The number of phenols is 1. The maximum absolute atomic E-state index is 9.91. The second-order valence-electron chi connectivity index (χ2n) is 7.95. The number of nitrogens with two attached hydrogens (primary N) is 1. The van der Waals surface area contributed by atoms with Crippen LogP contribution >= 0.6 is 0 Å². The molecule has 0 aliphatic rings. The number of hydrogen-bond donors (Lipinski definition) is 2. The third kappa shape index (κ3) is 5.17. The van der Waals surface area contributed by atoms with Crippen molar-refractivity contribution in [1.29, 1.82) is 0 Å². The highest BCUT2D eigenvalue weighted by Gasteiger charge is 2.18. The predicted molar refractivity (Wildman–Crippen MR) is 130 cm³/mol. The van der Waals surface area contributed by atoms with Gasteiger partial charge in [-0.15, -0.1) is 5.10 Å². The molecule has 3 rings (SSSR count). The molecule has 32 heavy (non-hydrogen) atoms. The fourth-order valence-electron chi connectivity index (χ4n) is 3.64. The van der Waals surface area contributed by atoms with Gasteiger partial charge in [0.1, 0.15) is 23.3 Å². The van der Waals surface area contributed by atoms with Crippen LogP contribution < -0.4 is 15.4 Å². The Morgan fingerprint density at radius 3 is 2.59 bits per heavy atom. The van der Waals surface area contributed by atoms with Crippen LogP contribution in [-0.4, -0.2) is 35.1 Å². The minimum Gasteiger partial charge on any atom is -0.508 e. The number of phenolic OH excluding ortho intramolecular Hbond substituents is 1. The van der Waals surface area contributed by atoms with Gasteiger partial charge in [-0.3, -0.25) is 0 Å². The lowest BCUT2D eigenvalue weighted by Crippen LogP contribution is -2.17. The summed E-state index contributed by atoms with van der Waals surface area (Å²) in [7, 11) is 3.76. The van der Waals surface area contributed by atoms with E-state index in [4.69, 9.17) is 15.5 Å². The van der Waals surface area contributed by atoms with Crippen LogP contribution in [0.25, 0.3) is 0 Å². The Labute approximate surface area is 189 Å². The number of aryl methyl sites for hydroxylation is 1. The molecule has 0 amide bonds. The van der Waals surface area contributed by atoms with E-state index in [-0.39, 0.29) is 11.9 Å². The van der Waals surface area contributed by atoms with Gasteiger partial charge in [0.05, 0.1) is 11.4 Å². The number of benzene rings is 2. The van der Waals surface area contributed by atoms with Crippen LogP contribution in [0.1, 0.15) is 49.6 Å². The van der Waals surface area contributed by atoms with Crippen molar-refractivity contribution in [3.05, 3.63) is 65.4 Å². The molecule has 1 aromatic heterocycles. The Morgan fingerprint density at radius 1 is 1.16 bits per heavy atom. The molecule has 1 heterocycles. The van der Waals surface area contributed by atoms with Crippen LogP contribution in [0, 0.1) is 6.92 Å². The largest absolute Gasteiger partial charge is 0.508 e. The monoisotopic (exact) mass is 433 g/mol. The van der Waals surface area contributed by atoms with Crippen LogP contribution in [-0.2, 0) is 0 Å². The number of aromatic nitrogens is 2. The average molecular weight is 434 g/mol. The minimum atomic E-state index is -0.196. The summed E-state index contributed by atoms with van der Waals surface area (Å²) in [5, 5.41) is 18.4. The fourth-order valence-corrected chi connectivity index (χ4v) is 3.64. The summed E-state index contributed by atoms with van der Waals surface area (Å²) in [6.45, 7) is 5.89. The third-order valence-corrected chi connectivity index (χ3v) is 5.17. The number of nitrogen functional groups attached to an aromatic ring is 1. The van der Waals surface area contributed by atoms with E-state index in [1.54, 1.807) is 12.1 Å². The van der Waals surface area contributed by atoms with E-state index in [2.05, 4.69) is 17.1 Å². The molecule has 0 saturated heterocycles. The van der Waals surface area contributed by atoms with E-state index in [9.17, 15) is 5.11 Å². The van der Waals surface area contributed by atoms with E-state index in [1.165, 1.54) is 0 Å². The Bertz CT molecular complexity index is 1110. The molecule has 0 aliphatic heterocycles. The molecule has 1 unspecified atom stereocenters. The second-order valence-corrected chi connectivity index (χ2v) is 7.95. The van der Waals surface area contributed by atoms with Crippen molar-refractivity contribution in [2.45, 2.75) is 39.7 Å². The average Bonchev–Trinajstić information content (AvgIpc) is 2.74. The van der Waals surface area contributed by atoms with E-state index in [0.717, 1.165) is 35.4 Å². The molecular weight excluding hydrogens is 402 g/mol. The predicted octanol–water partition coefficient (Wildman–Crippen LogP) is 5.20. The molecule has 0 radical (unpaired) electrons. The summed E-state index contributed by atoms with van der Waals surface area (Å²) in [4.78, 5) is 6.69. The molecule has 1 atom stereocenters. The first-order valence-corrected chi connectivity index (χ1v) is 10.7. The van der Waals surface area contributed by atoms with E-state index >= 15 is 0 Å². The van der Waals surface area contributed by atoms with Crippen molar-refractivity contribution in [1.82, 2.24) is 10.2 Å². The number of nitrogens with zero attached hydrogens (tertiary/aromatic N) is 4. The number of para-hydroxylation sites is 2. The van der Waals surface area contributed by atoms with Crippen LogP contribution in [0.15, 0.2) is 53.5 Å². The molecule has 0 aliphatic carbocycles. The van der Waals surface area contributed by atoms with Gasteiger partial charge in [0.2, 0.25) is 0 Å². The van der Waals surface area contributed by atoms with Gasteiger partial charge in [0.25, 0.3) is 0 Å². The summed E-state index contributed by atoms with van der Waals surface area (Å²) < 4.78 is 6.40. The summed E-state index contributed by atoms with van der Waals surface area (Å²) in [5.41, 5.74) is 10.8. The van der Waals surface area contributed by atoms with Gasteiger partial charge in [-0.25, -0.2) is 4.99 Å². The van der Waals surface area contributed by atoms with E-state index < -0.39 is 0 Å². The smallest absolute Gasteiger partial charge is 0.174 e. The van der Waals surface area contributed by atoms with Crippen LogP contribution in [0.5, 0.6) is 11.5 Å². The van der Waals surface area contributed by atoms with Gasteiger partial charge in [-0.05, 0) is 50.1 Å². The van der Waals surface area contributed by atoms with Crippen molar-refractivity contribution in [3.8, 4) is 11.5 Å². The first kappa shape index (κ1) is 23.1. The summed E-state index contributed by atoms with van der Waals surface area (Å²) in [5.74, 6) is 1.50. The van der Waals surface area contributed by atoms with Crippen molar-refractivity contribution >= 4 is 22.9 Å². The number of ether oxygens (including phenoxy) is 1. The van der Waals surface area contributed by atoms with Crippen LogP contribution in [0.4, 0.5) is 17.2 Å². The topological polar surface area (TPSA) is 96.9 Å². The van der Waals surface area contributed by atoms with Crippen molar-refractivity contribution < 1.29 is 9.84 Å². The number of aliphatic imine (C=N–C) groups is 1. The molecule has 168 valence electrons. The number of aromatic hydroxyl groups is 1. The van der Waals surface area contributed by atoms with E-state index in [1.807, 2.05) is 69.2 Å². The van der Waals surface area contributed by atoms with Gasteiger partial charge >= 0.3 is 0 Å². The highest BCUT2D eigenvalue weighted by atomic mass is 16.5. The number of anilines is 2. The highest BCUT2D eigenvalue weighted by Crippen LogP contribution is 2.35. The quantitative estimate of drug-likeness (QED) is 0.474. The Morgan fingerprint density at radius 2 is 1.91 bits per heavy atom. The standard InChI is InChI=1S/C25H31N5O2/c1-6-10-21(18-11-9-12-19(31)15-18)32-22-14-8-7-13-20(22)27-16(2)23-17(3)28-29-25(24(23)26)30(4)5/h7-9,11-15,21,31H,6,10H2,1-5H3,(H2,26,28). The summed E-state index contributed by atoms with van der Waals surface area (Å²) in [6, 6.07) is 14.9. The van der Waals surface area contributed by atoms with Crippen LogP contribution in [0.3, 0.4) is 0 Å². The number of rotatable bonds is 8. The summed E-state index contributed by atoms with van der Waals surface area (Å²) >= 11 is 0. The van der Waals surface area contributed by atoms with Gasteiger partial charge in [0.15, 0.2) is 5.82 Å². The van der Waals surface area contributed by atoms with E-state index in [0.29, 0.717) is 22.9 Å². The lowest BCUT2D eigenvalue weighted by molar-refractivity contribution is 0.194. The zero-order valence-corrected chi connectivity index (χ0v) is 19.3. The zero-order valence-electron chi connectivity index (χ0n) is 19.3.